The van der Waals surface area contributed by atoms with E-state index in [0.29, 0.717) is 11.8 Å². The Morgan fingerprint density at radius 2 is 0.833 bits per heavy atom. The molecule has 0 aromatic rings. The molecule has 0 heteroatoms. The smallest absolute Gasteiger partial charge is 0.0290 e. The standard InChI is InChI=1S/C10H20.C8H16/c1-9(2)7-5-6-8-10(3)4;1-7(2)5-6-8(3)4/h5-6,9-10H,7-8H2,1-4H3;5-8H,1-4H3/b2*6-5+. The zero-order valence-corrected chi connectivity index (χ0v) is 14.0. The van der Waals surface area contributed by atoms with Gasteiger partial charge >= 0.3 is 0 Å². The molecular formula is C18H36. The van der Waals surface area contributed by atoms with E-state index in [1.165, 1.54) is 12.8 Å². The van der Waals surface area contributed by atoms with Gasteiger partial charge in [-0.25, -0.2) is 0 Å². The number of allylic oxidation sites excluding steroid dienone is 4. The monoisotopic (exact) mass is 252 g/mol. The number of rotatable bonds is 6. The van der Waals surface area contributed by atoms with Crippen molar-refractivity contribution in [2.75, 3.05) is 0 Å². The molecule has 0 spiro atoms. The van der Waals surface area contributed by atoms with Gasteiger partial charge in [0.2, 0.25) is 0 Å². The van der Waals surface area contributed by atoms with Crippen molar-refractivity contribution in [3.8, 4) is 0 Å². The number of hydrogen-bond acceptors (Lipinski definition) is 0. The summed E-state index contributed by atoms with van der Waals surface area (Å²) in [5, 5.41) is 0. The Morgan fingerprint density at radius 3 is 1.00 bits per heavy atom. The van der Waals surface area contributed by atoms with Gasteiger partial charge in [-0.05, 0) is 36.5 Å². The summed E-state index contributed by atoms with van der Waals surface area (Å²) in [6.45, 7) is 17.8. The first-order valence-corrected chi connectivity index (χ1v) is 7.59. The average Bonchev–Trinajstić information content (AvgIpc) is 2.22. The molecule has 0 unspecified atom stereocenters. The second kappa shape index (κ2) is 12.9. The molecule has 0 bridgehead atoms. The summed E-state index contributed by atoms with van der Waals surface area (Å²) >= 11 is 0. The van der Waals surface area contributed by atoms with Gasteiger partial charge in [0.05, 0.1) is 0 Å². The van der Waals surface area contributed by atoms with Gasteiger partial charge in [0.1, 0.15) is 0 Å². The van der Waals surface area contributed by atoms with E-state index < -0.39 is 0 Å². The van der Waals surface area contributed by atoms with Gasteiger partial charge < -0.3 is 0 Å². The summed E-state index contributed by atoms with van der Waals surface area (Å²) in [6.07, 6.45) is 11.5. The van der Waals surface area contributed by atoms with E-state index in [9.17, 15) is 0 Å². The number of hydrogen-bond donors (Lipinski definition) is 0. The molecule has 0 aromatic carbocycles. The van der Waals surface area contributed by atoms with E-state index in [-0.39, 0.29) is 0 Å². The lowest BCUT2D eigenvalue weighted by Crippen LogP contribution is -1.84. The average molecular weight is 252 g/mol. The summed E-state index contributed by atoms with van der Waals surface area (Å²) in [5.41, 5.74) is 0. The summed E-state index contributed by atoms with van der Waals surface area (Å²) in [7, 11) is 0. The van der Waals surface area contributed by atoms with Crippen LogP contribution in [0, 0.1) is 23.7 Å². The van der Waals surface area contributed by atoms with E-state index in [1.54, 1.807) is 0 Å². The normalized spacial score (nSPS) is 12.2. The third-order valence-electron chi connectivity index (χ3n) is 2.26. The van der Waals surface area contributed by atoms with Crippen molar-refractivity contribution in [2.24, 2.45) is 23.7 Å². The van der Waals surface area contributed by atoms with Gasteiger partial charge in [-0.1, -0.05) is 79.7 Å². The van der Waals surface area contributed by atoms with Crippen molar-refractivity contribution in [1.82, 2.24) is 0 Å². The maximum Gasteiger partial charge on any atom is -0.0290 e. The van der Waals surface area contributed by atoms with Crippen molar-refractivity contribution in [3.63, 3.8) is 0 Å². The fraction of sp³-hybridized carbons (Fsp3) is 0.778. The van der Waals surface area contributed by atoms with Crippen LogP contribution in [-0.2, 0) is 0 Å². The minimum Gasteiger partial charge on any atom is -0.0883 e. The predicted molar refractivity (Wildman–Crippen MR) is 86.9 cm³/mol. The first kappa shape index (κ1) is 19.8. The summed E-state index contributed by atoms with van der Waals surface area (Å²) in [5.74, 6) is 3.03. The second-order valence-electron chi connectivity index (χ2n) is 6.60. The molecule has 18 heavy (non-hydrogen) atoms. The van der Waals surface area contributed by atoms with E-state index in [2.05, 4.69) is 79.7 Å². The Labute approximate surface area is 117 Å². The van der Waals surface area contributed by atoms with Crippen LogP contribution in [0.2, 0.25) is 0 Å². The van der Waals surface area contributed by atoms with E-state index in [4.69, 9.17) is 0 Å². The first-order chi connectivity index (χ1) is 8.25. The second-order valence-corrected chi connectivity index (χ2v) is 6.60. The van der Waals surface area contributed by atoms with Gasteiger partial charge in [0.25, 0.3) is 0 Å². The molecule has 0 fully saturated rings. The zero-order chi connectivity index (χ0) is 14.6. The van der Waals surface area contributed by atoms with Crippen molar-refractivity contribution < 1.29 is 0 Å². The molecule has 0 aliphatic heterocycles. The largest absolute Gasteiger partial charge is 0.0883 e. The highest BCUT2D eigenvalue weighted by atomic mass is 14.0. The Hall–Kier alpha value is -0.520. The maximum absolute atomic E-state index is 2.30. The molecule has 0 radical (unpaired) electrons. The minimum absolute atomic E-state index is 0.706. The van der Waals surface area contributed by atoms with Crippen LogP contribution in [0.25, 0.3) is 0 Å². The van der Waals surface area contributed by atoms with Crippen LogP contribution in [0.15, 0.2) is 24.3 Å². The van der Waals surface area contributed by atoms with Gasteiger partial charge in [0.15, 0.2) is 0 Å². The summed E-state index contributed by atoms with van der Waals surface area (Å²) in [4.78, 5) is 0. The lowest BCUT2D eigenvalue weighted by Gasteiger charge is -1.98. The van der Waals surface area contributed by atoms with Crippen LogP contribution in [0.5, 0.6) is 0 Å². The Kier molecular flexibility index (Phi) is 14.2. The maximum atomic E-state index is 2.30. The highest BCUT2D eigenvalue weighted by Gasteiger charge is 1.89. The molecular weight excluding hydrogens is 216 g/mol. The van der Waals surface area contributed by atoms with Crippen LogP contribution in [0.1, 0.15) is 68.2 Å². The highest BCUT2D eigenvalue weighted by molar-refractivity contribution is 4.86. The minimum atomic E-state index is 0.706. The Morgan fingerprint density at radius 1 is 0.556 bits per heavy atom. The molecule has 0 atom stereocenters. The lowest BCUT2D eigenvalue weighted by molar-refractivity contribution is 0.644. The first-order valence-electron chi connectivity index (χ1n) is 7.59. The summed E-state index contributed by atoms with van der Waals surface area (Å²) < 4.78 is 0. The molecule has 0 heterocycles. The summed E-state index contributed by atoms with van der Waals surface area (Å²) in [6, 6.07) is 0. The molecule has 0 amide bonds. The van der Waals surface area contributed by atoms with Gasteiger partial charge in [0, 0.05) is 0 Å². The lowest BCUT2D eigenvalue weighted by atomic mass is 10.1. The molecule has 0 rings (SSSR count). The SMILES string of the molecule is CC(C)/C=C/C(C)C.CC(C)C/C=C/CC(C)C. The molecule has 0 N–H and O–H groups in total. The van der Waals surface area contributed by atoms with Crippen LogP contribution < -0.4 is 0 Å². The predicted octanol–water partition coefficient (Wildman–Crippen LogP) is 6.49. The molecule has 0 aliphatic rings. The van der Waals surface area contributed by atoms with Crippen LogP contribution in [-0.4, -0.2) is 0 Å². The highest BCUT2D eigenvalue weighted by Crippen LogP contribution is 2.04. The Bertz CT molecular complexity index is 182. The Balaban J connectivity index is 0. The molecule has 0 aliphatic carbocycles. The van der Waals surface area contributed by atoms with Crippen molar-refractivity contribution >= 4 is 0 Å². The third kappa shape index (κ3) is 24.6. The fourth-order valence-corrected chi connectivity index (χ4v) is 1.18. The van der Waals surface area contributed by atoms with E-state index in [1.807, 2.05) is 0 Å². The molecule has 0 aromatic heterocycles. The molecule has 0 saturated heterocycles. The van der Waals surface area contributed by atoms with Gasteiger partial charge in [-0.2, -0.15) is 0 Å². The van der Waals surface area contributed by atoms with Crippen LogP contribution in [0.3, 0.4) is 0 Å². The third-order valence-corrected chi connectivity index (χ3v) is 2.26. The van der Waals surface area contributed by atoms with E-state index >= 15 is 0 Å². The molecule has 108 valence electrons. The molecule has 0 nitrogen and oxygen atoms in total. The van der Waals surface area contributed by atoms with E-state index in [0.717, 1.165) is 11.8 Å². The van der Waals surface area contributed by atoms with Crippen LogP contribution >= 0.6 is 0 Å². The van der Waals surface area contributed by atoms with Gasteiger partial charge in [-0.3, -0.25) is 0 Å². The van der Waals surface area contributed by atoms with Crippen molar-refractivity contribution in [1.29, 1.82) is 0 Å². The van der Waals surface area contributed by atoms with Crippen LogP contribution in [0.4, 0.5) is 0 Å². The van der Waals surface area contributed by atoms with Crippen molar-refractivity contribution in [2.45, 2.75) is 68.2 Å². The zero-order valence-electron chi connectivity index (χ0n) is 14.0. The van der Waals surface area contributed by atoms with Gasteiger partial charge in [-0.15, -0.1) is 0 Å². The topological polar surface area (TPSA) is 0 Å². The fourth-order valence-electron chi connectivity index (χ4n) is 1.18. The van der Waals surface area contributed by atoms with Crippen molar-refractivity contribution in [3.05, 3.63) is 24.3 Å². The quantitative estimate of drug-likeness (QED) is 0.474. The molecule has 0 saturated carbocycles.